The number of anilines is 3. The molecular weight excluding hydrogens is 578 g/mol. The Balaban J connectivity index is 1.06. The number of allylic oxidation sites excluding steroid dienone is 1. The lowest BCUT2D eigenvalue weighted by Gasteiger charge is -2.51. The van der Waals surface area contributed by atoms with Crippen molar-refractivity contribution >= 4 is 28.4 Å². The maximum Gasteiger partial charge on any atom is 0.278 e. The van der Waals surface area contributed by atoms with E-state index in [0.29, 0.717) is 34.5 Å². The SMILES string of the molecule is C=CCn1c(=O)c2cnc(Nc3ccc(N4CCC(N(C)C5CN6CCC5CC6)CC4)cc3)nc2n1-c1cccc(C(C)(C)O)n1. The summed E-state index contributed by atoms with van der Waals surface area (Å²) in [5.41, 5.74) is 1.62. The van der Waals surface area contributed by atoms with Crippen molar-refractivity contribution in [2.45, 2.75) is 63.8 Å². The van der Waals surface area contributed by atoms with Crippen LogP contribution in [0, 0.1) is 5.92 Å². The van der Waals surface area contributed by atoms with Gasteiger partial charge in [0.15, 0.2) is 11.5 Å². The highest BCUT2D eigenvalue weighted by Gasteiger charge is 2.38. The van der Waals surface area contributed by atoms with E-state index in [1.165, 1.54) is 55.7 Å². The summed E-state index contributed by atoms with van der Waals surface area (Å²) >= 11 is 0. The van der Waals surface area contributed by atoms with Crippen LogP contribution in [0.5, 0.6) is 0 Å². The average Bonchev–Trinajstić information content (AvgIpc) is 3.35. The van der Waals surface area contributed by atoms with Gasteiger partial charge in [-0.15, -0.1) is 6.58 Å². The van der Waals surface area contributed by atoms with E-state index >= 15 is 0 Å². The largest absolute Gasteiger partial charge is 0.384 e. The molecule has 4 aliphatic rings. The van der Waals surface area contributed by atoms with Crippen LogP contribution in [0.15, 0.2) is 66.1 Å². The third-order valence-electron chi connectivity index (χ3n) is 10.2. The van der Waals surface area contributed by atoms with Gasteiger partial charge in [-0.3, -0.25) is 9.69 Å². The second kappa shape index (κ2) is 12.3. The normalized spacial score (nSPS) is 22.1. The van der Waals surface area contributed by atoms with Crippen molar-refractivity contribution in [1.82, 2.24) is 34.1 Å². The number of benzene rings is 1. The lowest BCUT2D eigenvalue weighted by Crippen LogP contribution is -2.59. The molecule has 0 spiro atoms. The van der Waals surface area contributed by atoms with Crippen LogP contribution in [0.25, 0.3) is 16.9 Å². The van der Waals surface area contributed by atoms with E-state index in [-0.39, 0.29) is 12.1 Å². The molecule has 0 radical (unpaired) electrons. The smallest absolute Gasteiger partial charge is 0.278 e. The molecule has 2 N–H and O–H groups in total. The first-order chi connectivity index (χ1) is 22.2. The molecule has 4 aliphatic heterocycles. The standard InChI is InChI=1S/C35H45N9O2/c1-5-17-43-33(45)28-22-36-34(39-32(28)44(43)31-8-6-7-30(38-31)35(2,3)46)37-25-9-11-27(12-10-25)42-20-15-26(16-21-42)40(4)29-23-41-18-13-24(29)14-19-41/h5-12,22,24,26,29,46H,1,13-21,23H2,2-4H3,(H,36,37,39). The van der Waals surface area contributed by atoms with E-state index in [0.717, 1.165) is 30.7 Å². The van der Waals surface area contributed by atoms with Gasteiger partial charge in [-0.2, -0.15) is 4.98 Å². The zero-order valence-electron chi connectivity index (χ0n) is 27.1. The number of aromatic nitrogens is 5. The lowest BCUT2D eigenvalue weighted by atomic mass is 9.82. The van der Waals surface area contributed by atoms with Gasteiger partial charge in [-0.1, -0.05) is 12.1 Å². The number of nitrogens with zero attached hydrogens (tertiary/aromatic N) is 8. The number of likely N-dealkylation sites (N-methyl/N-ethyl adjacent to an activating group) is 1. The number of nitrogens with one attached hydrogen (secondary N) is 1. The summed E-state index contributed by atoms with van der Waals surface area (Å²) in [6, 6.07) is 15.2. The molecule has 0 aliphatic carbocycles. The van der Waals surface area contributed by atoms with Crippen molar-refractivity contribution in [2.75, 3.05) is 50.0 Å². The number of pyridine rings is 1. The first-order valence-electron chi connectivity index (χ1n) is 16.6. The molecule has 1 unspecified atom stereocenters. The van der Waals surface area contributed by atoms with Crippen LogP contribution in [0.2, 0.25) is 0 Å². The van der Waals surface area contributed by atoms with Gasteiger partial charge in [-0.05, 0) is 102 Å². The number of aliphatic hydroxyl groups is 1. The van der Waals surface area contributed by atoms with E-state index in [2.05, 4.69) is 67.9 Å². The molecule has 4 fully saturated rings. The summed E-state index contributed by atoms with van der Waals surface area (Å²) in [6.07, 6.45) is 8.31. The average molecular weight is 624 g/mol. The fraction of sp³-hybridized carbons (Fsp3) is 0.486. The van der Waals surface area contributed by atoms with E-state index in [9.17, 15) is 9.90 Å². The predicted molar refractivity (Wildman–Crippen MR) is 182 cm³/mol. The first-order valence-corrected chi connectivity index (χ1v) is 16.6. The molecule has 8 rings (SSSR count). The van der Waals surface area contributed by atoms with E-state index in [4.69, 9.17) is 4.98 Å². The minimum Gasteiger partial charge on any atom is -0.384 e. The zero-order chi connectivity index (χ0) is 32.0. The molecule has 0 saturated carbocycles. The molecule has 1 aromatic carbocycles. The van der Waals surface area contributed by atoms with E-state index in [1.54, 1.807) is 42.9 Å². The van der Waals surface area contributed by atoms with Crippen LogP contribution in [0.4, 0.5) is 17.3 Å². The monoisotopic (exact) mass is 623 g/mol. The fourth-order valence-electron chi connectivity index (χ4n) is 7.57. The third kappa shape index (κ3) is 5.83. The molecule has 11 nitrogen and oxygen atoms in total. The van der Waals surface area contributed by atoms with Gasteiger partial charge in [0, 0.05) is 49.3 Å². The van der Waals surface area contributed by atoms with Crippen molar-refractivity contribution in [3.05, 3.63) is 77.4 Å². The second-order valence-electron chi connectivity index (χ2n) is 13.6. The summed E-state index contributed by atoms with van der Waals surface area (Å²) < 4.78 is 3.20. The molecule has 46 heavy (non-hydrogen) atoms. The number of hydrogen-bond acceptors (Lipinski definition) is 9. The van der Waals surface area contributed by atoms with Gasteiger partial charge >= 0.3 is 0 Å². The van der Waals surface area contributed by atoms with Crippen LogP contribution >= 0.6 is 0 Å². The first kappa shape index (κ1) is 30.6. The minimum absolute atomic E-state index is 0.236. The number of hydrogen-bond donors (Lipinski definition) is 2. The Bertz CT molecular complexity index is 1760. The van der Waals surface area contributed by atoms with Crippen molar-refractivity contribution < 1.29 is 5.11 Å². The lowest BCUT2D eigenvalue weighted by molar-refractivity contribution is -0.00546. The highest BCUT2D eigenvalue weighted by atomic mass is 16.3. The van der Waals surface area contributed by atoms with Crippen LogP contribution in [0.1, 0.15) is 45.2 Å². The van der Waals surface area contributed by atoms with Crippen LogP contribution < -0.4 is 15.8 Å². The Labute approximate surface area is 270 Å². The van der Waals surface area contributed by atoms with E-state index in [1.807, 2.05) is 6.07 Å². The Kier molecular flexibility index (Phi) is 8.16. The topological polar surface area (TPSA) is 108 Å². The van der Waals surface area contributed by atoms with E-state index < -0.39 is 5.60 Å². The van der Waals surface area contributed by atoms with Crippen molar-refractivity contribution in [2.24, 2.45) is 5.92 Å². The highest BCUT2D eigenvalue weighted by molar-refractivity contribution is 5.77. The van der Waals surface area contributed by atoms with Crippen LogP contribution in [-0.2, 0) is 12.1 Å². The summed E-state index contributed by atoms with van der Waals surface area (Å²) in [5, 5.41) is 14.3. The number of piperidine rings is 4. The maximum absolute atomic E-state index is 13.3. The maximum atomic E-state index is 13.3. The van der Waals surface area contributed by atoms with Gasteiger partial charge in [0.1, 0.15) is 11.0 Å². The van der Waals surface area contributed by atoms with Gasteiger partial charge in [0.25, 0.3) is 5.56 Å². The van der Waals surface area contributed by atoms with Crippen molar-refractivity contribution in [1.29, 1.82) is 0 Å². The molecular formula is C35H45N9O2. The highest BCUT2D eigenvalue weighted by Crippen LogP contribution is 2.33. The molecule has 1 atom stereocenters. The van der Waals surface area contributed by atoms with Gasteiger partial charge in [-0.25, -0.2) is 19.3 Å². The Morgan fingerprint density at radius 3 is 2.43 bits per heavy atom. The van der Waals surface area contributed by atoms with Gasteiger partial charge < -0.3 is 20.2 Å². The zero-order valence-corrected chi connectivity index (χ0v) is 27.1. The Morgan fingerprint density at radius 2 is 1.78 bits per heavy atom. The quantitative estimate of drug-likeness (QED) is 0.266. The van der Waals surface area contributed by atoms with Crippen LogP contribution in [-0.4, -0.2) is 91.1 Å². The van der Waals surface area contributed by atoms with Gasteiger partial charge in [0.2, 0.25) is 5.95 Å². The Morgan fingerprint density at radius 1 is 1.04 bits per heavy atom. The fourth-order valence-corrected chi connectivity index (χ4v) is 7.57. The molecule has 0 amide bonds. The molecule has 3 aromatic heterocycles. The summed E-state index contributed by atoms with van der Waals surface area (Å²) in [7, 11) is 2.36. The summed E-state index contributed by atoms with van der Waals surface area (Å²) in [5.74, 6) is 1.72. The predicted octanol–water partition coefficient (Wildman–Crippen LogP) is 4.13. The number of rotatable bonds is 9. The molecule has 4 aromatic rings. The van der Waals surface area contributed by atoms with Crippen molar-refractivity contribution in [3.8, 4) is 5.82 Å². The molecule has 2 bridgehead atoms. The number of fused-ring (bicyclic) bond motifs is 4. The molecule has 11 heteroatoms. The molecule has 4 saturated heterocycles. The summed E-state index contributed by atoms with van der Waals surface area (Å²) in [4.78, 5) is 35.1. The Hall–Kier alpha value is -4.06. The molecule has 7 heterocycles. The van der Waals surface area contributed by atoms with Gasteiger partial charge in [0.05, 0.1) is 12.2 Å². The minimum atomic E-state index is -1.14. The molecule has 242 valence electrons. The summed E-state index contributed by atoms with van der Waals surface area (Å²) in [6.45, 7) is 13.4. The second-order valence-corrected chi connectivity index (χ2v) is 13.6. The van der Waals surface area contributed by atoms with Crippen LogP contribution in [0.3, 0.4) is 0 Å². The third-order valence-corrected chi connectivity index (χ3v) is 10.2. The van der Waals surface area contributed by atoms with Crippen molar-refractivity contribution in [3.63, 3.8) is 0 Å².